The van der Waals surface area contributed by atoms with Crippen LogP contribution in [0, 0.1) is 0 Å². The van der Waals surface area contributed by atoms with Gasteiger partial charge in [0.15, 0.2) is 0 Å². The molecule has 0 atom stereocenters. The molecule has 0 bridgehead atoms. The van der Waals surface area contributed by atoms with E-state index in [-0.39, 0.29) is 11.9 Å². The molecule has 8 heteroatoms. The van der Waals surface area contributed by atoms with Crippen LogP contribution in [-0.2, 0) is 21.4 Å². The van der Waals surface area contributed by atoms with Crippen molar-refractivity contribution < 1.29 is 13.2 Å². The van der Waals surface area contributed by atoms with Crippen molar-refractivity contribution in [3.63, 3.8) is 0 Å². The number of nitrogens with one attached hydrogen (secondary N) is 1. The van der Waals surface area contributed by atoms with Gasteiger partial charge in [-0.05, 0) is 24.5 Å². The fraction of sp³-hybridized carbons (Fsp3) is 0.571. The van der Waals surface area contributed by atoms with Gasteiger partial charge in [0.05, 0.1) is 6.42 Å². The summed E-state index contributed by atoms with van der Waals surface area (Å²) in [5.41, 5.74) is 2.01. The van der Waals surface area contributed by atoms with E-state index in [2.05, 4.69) is 4.98 Å². The Morgan fingerprint density at radius 2 is 1.79 bits per heavy atom. The Hall–Kier alpha value is -1.90. The molecular formula is C21H30N4O3S. The smallest absolute Gasteiger partial charge is 0.282 e. The van der Waals surface area contributed by atoms with E-state index in [1.54, 1.807) is 16.3 Å². The Balaban J connectivity index is 1.35. The molecule has 29 heavy (non-hydrogen) atoms. The van der Waals surface area contributed by atoms with Gasteiger partial charge in [0.1, 0.15) is 0 Å². The Morgan fingerprint density at radius 1 is 1.10 bits per heavy atom. The van der Waals surface area contributed by atoms with Crippen LogP contribution in [0.5, 0.6) is 0 Å². The lowest BCUT2D eigenvalue weighted by Crippen LogP contribution is -2.55. The molecule has 2 fully saturated rings. The number of nitrogens with zero attached hydrogens (tertiary/aromatic N) is 3. The average molecular weight is 419 g/mol. The maximum absolute atomic E-state index is 13.0. The number of hydrogen-bond donors (Lipinski definition) is 1. The van der Waals surface area contributed by atoms with E-state index in [4.69, 9.17) is 0 Å². The second-order valence-corrected chi connectivity index (χ2v) is 10.1. The minimum absolute atomic E-state index is 0.0486. The van der Waals surface area contributed by atoms with Gasteiger partial charge in [0.2, 0.25) is 5.91 Å². The van der Waals surface area contributed by atoms with Crippen molar-refractivity contribution >= 4 is 27.0 Å². The predicted octanol–water partition coefficient (Wildman–Crippen LogP) is 2.36. The minimum atomic E-state index is -3.47. The van der Waals surface area contributed by atoms with E-state index >= 15 is 0 Å². The topological polar surface area (TPSA) is 76.7 Å². The van der Waals surface area contributed by atoms with Gasteiger partial charge in [-0.25, -0.2) is 0 Å². The highest BCUT2D eigenvalue weighted by atomic mass is 32.2. The van der Waals surface area contributed by atoms with Gasteiger partial charge in [-0.15, -0.1) is 0 Å². The van der Waals surface area contributed by atoms with Gasteiger partial charge >= 0.3 is 0 Å². The first-order valence-corrected chi connectivity index (χ1v) is 11.9. The van der Waals surface area contributed by atoms with Crippen molar-refractivity contribution in [1.29, 1.82) is 0 Å². The third kappa shape index (κ3) is 4.20. The molecule has 1 saturated heterocycles. The molecule has 158 valence electrons. The summed E-state index contributed by atoms with van der Waals surface area (Å²) >= 11 is 0. The SMILES string of the molecule is CN(C1CCCCC1)S(=O)(=O)N1CCN(C(=O)Cc2c[nH]c3ccccc23)CC1. The summed E-state index contributed by atoms with van der Waals surface area (Å²) in [6.45, 7) is 1.61. The summed E-state index contributed by atoms with van der Waals surface area (Å²) in [6, 6.07) is 8.05. The second kappa shape index (κ2) is 8.45. The fourth-order valence-corrected chi connectivity index (χ4v) is 6.11. The van der Waals surface area contributed by atoms with Crippen LogP contribution in [0.25, 0.3) is 10.9 Å². The van der Waals surface area contributed by atoms with Crippen molar-refractivity contribution in [3.8, 4) is 0 Å². The number of hydrogen-bond acceptors (Lipinski definition) is 3. The zero-order valence-corrected chi connectivity index (χ0v) is 17.8. The quantitative estimate of drug-likeness (QED) is 0.810. The zero-order chi connectivity index (χ0) is 20.4. The molecule has 0 spiro atoms. The normalized spacial score (nSPS) is 19.9. The molecule has 2 heterocycles. The molecule has 1 aliphatic heterocycles. The standard InChI is InChI=1S/C21H30N4O3S/c1-23(18-7-3-2-4-8-18)29(27,28)25-13-11-24(12-14-25)21(26)15-17-16-22-20-10-6-5-9-19(17)20/h5-6,9-10,16,18,22H,2-4,7-8,11-15H2,1H3. The molecule has 1 aromatic carbocycles. The summed E-state index contributed by atoms with van der Waals surface area (Å²) in [4.78, 5) is 17.8. The number of benzene rings is 1. The maximum atomic E-state index is 13.0. The third-order valence-electron chi connectivity index (χ3n) is 6.39. The van der Waals surface area contributed by atoms with Crippen LogP contribution in [0.1, 0.15) is 37.7 Å². The van der Waals surface area contributed by atoms with Crippen LogP contribution in [-0.4, -0.2) is 72.1 Å². The van der Waals surface area contributed by atoms with Crippen LogP contribution in [0.2, 0.25) is 0 Å². The number of fused-ring (bicyclic) bond motifs is 1. The Labute approximate surface area is 172 Å². The lowest BCUT2D eigenvalue weighted by atomic mass is 9.96. The van der Waals surface area contributed by atoms with Crippen LogP contribution >= 0.6 is 0 Å². The molecule has 0 unspecified atom stereocenters. The molecule has 1 saturated carbocycles. The minimum Gasteiger partial charge on any atom is -0.361 e. The number of para-hydroxylation sites is 1. The monoisotopic (exact) mass is 418 g/mol. The van der Waals surface area contributed by atoms with Crippen LogP contribution < -0.4 is 0 Å². The molecular weight excluding hydrogens is 388 g/mol. The number of aromatic nitrogens is 1. The van der Waals surface area contributed by atoms with Gasteiger partial charge < -0.3 is 9.88 Å². The van der Waals surface area contributed by atoms with Crippen LogP contribution in [0.4, 0.5) is 0 Å². The first-order valence-electron chi connectivity index (χ1n) is 10.5. The number of piperazine rings is 1. The molecule has 1 N–H and O–H groups in total. The highest BCUT2D eigenvalue weighted by Crippen LogP contribution is 2.25. The third-order valence-corrected chi connectivity index (χ3v) is 8.43. The maximum Gasteiger partial charge on any atom is 0.282 e. The van der Waals surface area contributed by atoms with E-state index in [9.17, 15) is 13.2 Å². The van der Waals surface area contributed by atoms with Gasteiger partial charge in [0, 0.05) is 56.4 Å². The number of amides is 1. The van der Waals surface area contributed by atoms with Crippen molar-refractivity contribution in [2.45, 2.75) is 44.6 Å². The van der Waals surface area contributed by atoms with Gasteiger partial charge in [-0.1, -0.05) is 37.5 Å². The first kappa shape index (κ1) is 20.4. The molecule has 7 nitrogen and oxygen atoms in total. The fourth-order valence-electron chi connectivity index (χ4n) is 4.54. The van der Waals surface area contributed by atoms with E-state index in [0.717, 1.165) is 42.1 Å². The van der Waals surface area contributed by atoms with Gasteiger partial charge in [-0.3, -0.25) is 4.79 Å². The van der Waals surface area contributed by atoms with Gasteiger partial charge in [0.25, 0.3) is 10.2 Å². The molecule has 2 aromatic rings. The van der Waals surface area contributed by atoms with E-state index in [1.165, 1.54) is 10.7 Å². The summed E-state index contributed by atoms with van der Waals surface area (Å²) in [6.07, 6.45) is 7.50. The predicted molar refractivity (Wildman–Crippen MR) is 114 cm³/mol. The van der Waals surface area contributed by atoms with E-state index in [0.29, 0.717) is 32.6 Å². The molecule has 4 rings (SSSR count). The molecule has 1 aliphatic carbocycles. The van der Waals surface area contributed by atoms with E-state index in [1.807, 2.05) is 30.5 Å². The highest BCUT2D eigenvalue weighted by molar-refractivity contribution is 7.86. The second-order valence-electron chi connectivity index (χ2n) is 8.13. The largest absolute Gasteiger partial charge is 0.361 e. The zero-order valence-electron chi connectivity index (χ0n) is 17.0. The van der Waals surface area contributed by atoms with Crippen molar-refractivity contribution in [2.75, 3.05) is 33.2 Å². The first-order chi connectivity index (χ1) is 14.0. The summed E-state index contributed by atoms with van der Waals surface area (Å²) in [7, 11) is -1.76. The van der Waals surface area contributed by atoms with Crippen molar-refractivity contribution in [1.82, 2.24) is 18.5 Å². The lowest BCUT2D eigenvalue weighted by molar-refractivity contribution is -0.131. The summed E-state index contributed by atoms with van der Waals surface area (Å²) in [5.74, 6) is 0.0486. The molecule has 1 aromatic heterocycles. The highest BCUT2D eigenvalue weighted by Gasteiger charge is 2.35. The number of carbonyl (C=O) groups is 1. The molecule has 1 amide bonds. The molecule has 0 radical (unpaired) electrons. The van der Waals surface area contributed by atoms with Crippen LogP contribution in [0.3, 0.4) is 0 Å². The van der Waals surface area contributed by atoms with Gasteiger partial charge in [-0.2, -0.15) is 17.0 Å². The Morgan fingerprint density at radius 3 is 2.52 bits per heavy atom. The number of carbonyl (C=O) groups excluding carboxylic acids is 1. The van der Waals surface area contributed by atoms with Crippen molar-refractivity contribution in [2.24, 2.45) is 0 Å². The number of aromatic amines is 1. The Bertz CT molecular complexity index is 957. The number of H-pyrrole nitrogens is 1. The number of rotatable bonds is 5. The average Bonchev–Trinajstić information content (AvgIpc) is 3.16. The molecule has 2 aliphatic rings. The Kier molecular flexibility index (Phi) is 5.94. The van der Waals surface area contributed by atoms with E-state index < -0.39 is 10.2 Å². The summed E-state index contributed by atoms with van der Waals surface area (Å²) in [5, 5.41) is 1.07. The van der Waals surface area contributed by atoms with Crippen LogP contribution in [0.15, 0.2) is 30.5 Å². The van der Waals surface area contributed by atoms with Crippen molar-refractivity contribution in [3.05, 3.63) is 36.0 Å². The summed E-state index contributed by atoms with van der Waals surface area (Å²) < 4.78 is 29.1. The lowest BCUT2D eigenvalue weighted by Gasteiger charge is -2.38.